The maximum absolute atomic E-state index is 9.54. The van der Waals surface area contributed by atoms with E-state index in [1.165, 1.54) is 0 Å². The van der Waals surface area contributed by atoms with E-state index >= 15 is 0 Å². The third-order valence-corrected chi connectivity index (χ3v) is 3.67. The van der Waals surface area contributed by atoms with E-state index in [1.54, 1.807) is 24.3 Å². The minimum absolute atomic E-state index is 0.304. The van der Waals surface area contributed by atoms with Crippen LogP contribution in [-0.2, 0) is 0 Å². The summed E-state index contributed by atoms with van der Waals surface area (Å²) in [5.41, 5.74) is 2.11. The zero-order chi connectivity index (χ0) is 13.9. The van der Waals surface area contributed by atoms with E-state index in [9.17, 15) is 10.2 Å². The van der Waals surface area contributed by atoms with Crippen LogP contribution in [0.4, 0.5) is 11.4 Å². The van der Waals surface area contributed by atoms with Gasteiger partial charge in [0.05, 0.1) is 0 Å². The predicted octanol–water partition coefficient (Wildman–Crippen LogP) is 2.42. The first-order valence-electron chi connectivity index (χ1n) is 6.80. The Kier molecular flexibility index (Phi) is 3.37. The van der Waals surface area contributed by atoms with Gasteiger partial charge in [-0.3, -0.25) is 0 Å². The smallest absolute Gasteiger partial charge is 0.117 e. The lowest BCUT2D eigenvalue weighted by Gasteiger charge is -2.37. The number of piperazine rings is 1. The van der Waals surface area contributed by atoms with Gasteiger partial charge in [-0.15, -0.1) is 0 Å². The Morgan fingerprint density at radius 1 is 0.650 bits per heavy atom. The van der Waals surface area contributed by atoms with Gasteiger partial charge in [0, 0.05) is 49.7 Å². The van der Waals surface area contributed by atoms with Crippen LogP contribution in [0, 0.1) is 0 Å². The molecule has 0 spiro atoms. The highest BCUT2D eigenvalue weighted by Gasteiger charge is 2.17. The Labute approximate surface area is 118 Å². The third-order valence-electron chi connectivity index (χ3n) is 3.67. The molecule has 0 aromatic heterocycles. The fraction of sp³-hybridized carbons (Fsp3) is 0.250. The number of anilines is 2. The van der Waals surface area contributed by atoms with Crippen molar-refractivity contribution < 1.29 is 10.2 Å². The summed E-state index contributed by atoms with van der Waals surface area (Å²) in [7, 11) is 0. The van der Waals surface area contributed by atoms with Crippen molar-refractivity contribution in [3.63, 3.8) is 0 Å². The van der Waals surface area contributed by atoms with Crippen molar-refractivity contribution in [1.82, 2.24) is 0 Å². The van der Waals surface area contributed by atoms with Gasteiger partial charge in [0.15, 0.2) is 0 Å². The molecule has 0 bridgehead atoms. The molecule has 0 aliphatic carbocycles. The van der Waals surface area contributed by atoms with Crippen LogP contribution in [0.25, 0.3) is 0 Å². The molecule has 20 heavy (non-hydrogen) atoms. The Balaban J connectivity index is 1.68. The fourth-order valence-electron chi connectivity index (χ4n) is 2.60. The van der Waals surface area contributed by atoms with Crippen LogP contribution in [0.2, 0.25) is 0 Å². The molecule has 1 saturated heterocycles. The first kappa shape index (κ1) is 12.7. The molecule has 1 fully saturated rings. The fourth-order valence-corrected chi connectivity index (χ4v) is 2.60. The van der Waals surface area contributed by atoms with Crippen molar-refractivity contribution in [3.8, 4) is 11.5 Å². The molecule has 2 N–H and O–H groups in total. The van der Waals surface area contributed by atoms with Gasteiger partial charge in [-0.25, -0.2) is 0 Å². The molecular formula is C16H18N2O2. The average molecular weight is 270 g/mol. The lowest BCUT2D eigenvalue weighted by molar-refractivity contribution is 0.474. The molecule has 0 saturated carbocycles. The number of benzene rings is 2. The zero-order valence-corrected chi connectivity index (χ0v) is 11.2. The van der Waals surface area contributed by atoms with Crippen molar-refractivity contribution in [3.05, 3.63) is 48.5 Å². The molecule has 1 heterocycles. The number of hydrogen-bond acceptors (Lipinski definition) is 4. The number of phenolic OH excluding ortho intramolecular Hbond substituents is 2. The van der Waals surface area contributed by atoms with Gasteiger partial charge in [-0.2, -0.15) is 0 Å². The number of hydrogen-bond donors (Lipinski definition) is 2. The molecule has 1 aliphatic rings. The van der Waals surface area contributed by atoms with Gasteiger partial charge in [0.1, 0.15) is 11.5 Å². The minimum Gasteiger partial charge on any atom is -0.508 e. The molecule has 3 rings (SSSR count). The number of nitrogens with zero attached hydrogens (tertiary/aromatic N) is 2. The first-order chi connectivity index (χ1) is 9.72. The second-order valence-electron chi connectivity index (χ2n) is 5.01. The van der Waals surface area contributed by atoms with E-state index in [0.29, 0.717) is 11.5 Å². The van der Waals surface area contributed by atoms with Gasteiger partial charge >= 0.3 is 0 Å². The van der Waals surface area contributed by atoms with Crippen LogP contribution < -0.4 is 9.80 Å². The summed E-state index contributed by atoms with van der Waals surface area (Å²) in [4.78, 5) is 4.53. The molecule has 2 aromatic rings. The van der Waals surface area contributed by atoms with Crippen LogP contribution >= 0.6 is 0 Å². The lowest BCUT2D eigenvalue weighted by Crippen LogP contribution is -2.46. The average Bonchev–Trinajstić information content (AvgIpc) is 2.47. The summed E-state index contributed by atoms with van der Waals surface area (Å²) < 4.78 is 0. The van der Waals surface area contributed by atoms with E-state index in [-0.39, 0.29) is 0 Å². The van der Waals surface area contributed by atoms with Gasteiger partial charge in [-0.1, -0.05) is 12.1 Å². The molecule has 104 valence electrons. The standard InChI is InChI=1S/C16H18N2O2/c19-15-5-1-3-13(11-15)17-7-9-18(10-8-17)14-4-2-6-16(20)12-14/h1-6,11-12,19-20H,7-10H2. The van der Waals surface area contributed by atoms with Gasteiger partial charge in [0.2, 0.25) is 0 Å². The summed E-state index contributed by atoms with van der Waals surface area (Å²) in [6.07, 6.45) is 0. The SMILES string of the molecule is Oc1cccc(N2CCN(c3cccc(O)c3)CC2)c1. The van der Waals surface area contributed by atoms with Crippen LogP contribution in [0.15, 0.2) is 48.5 Å². The maximum Gasteiger partial charge on any atom is 0.117 e. The van der Waals surface area contributed by atoms with Crippen LogP contribution in [0.1, 0.15) is 0 Å². The summed E-state index contributed by atoms with van der Waals surface area (Å²) in [6, 6.07) is 14.7. The Morgan fingerprint density at radius 3 is 1.40 bits per heavy atom. The highest BCUT2D eigenvalue weighted by atomic mass is 16.3. The Bertz CT molecular complexity index is 539. The molecule has 0 unspecified atom stereocenters. The van der Waals surface area contributed by atoms with Crippen molar-refractivity contribution in [2.24, 2.45) is 0 Å². The van der Waals surface area contributed by atoms with Gasteiger partial charge < -0.3 is 20.0 Å². The Morgan fingerprint density at radius 2 is 1.05 bits per heavy atom. The molecule has 1 aliphatic heterocycles. The third kappa shape index (κ3) is 2.64. The zero-order valence-electron chi connectivity index (χ0n) is 11.2. The van der Waals surface area contributed by atoms with Crippen LogP contribution in [-0.4, -0.2) is 36.4 Å². The lowest BCUT2D eigenvalue weighted by atomic mass is 10.2. The molecule has 0 amide bonds. The first-order valence-corrected chi connectivity index (χ1v) is 6.80. The normalized spacial score (nSPS) is 15.4. The largest absolute Gasteiger partial charge is 0.508 e. The highest BCUT2D eigenvalue weighted by molar-refractivity contribution is 5.55. The number of aromatic hydroxyl groups is 2. The molecule has 0 radical (unpaired) electrons. The van der Waals surface area contributed by atoms with E-state index in [2.05, 4.69) is 9.80 Å². The Hall–Kier alpha value is -2.36. The van der Waals surface area contributed by atoms with E-state index in [0.717, 1.165) is 37.6 Å². The van der Waals surface area contributed by atoms with E-state index in [1.807, 2.05) is 24.3 Å². The van der Waals surface area contributed by atoms with Gasteiger partial charge in [0.25, 0.3) is 0 Å². The predicted molar refractivity (Wildman–Crippen MR) is 80.6 cm³/mol. The summed E-state index contributed by atoms with van der Waals surface area (Å²) in [5.74, 6) is 0.607. The van der Waals surface area contributed by atoms with Crippen molar-refractivity contribution >= 4 is 11.4 Å². The van der Waals surface area contributed by atoms with Crippen LogP contribution in [0.5, 0.6) is 11.5 Å². The molecule has 2 aromatic carbocycles. The summed E-state index contributed by atoms with van der Waals surface area (Å²) in [5, 5.41) is 19.1. The molecule has 4 nitrogen and oxygen atoms in total. The minimum atomic E-state index is 0.304. The van der Waals surface area contributed by atoms with Crippen molar-refractivity contribution in [1.29, 1.82) is 0 Å². The second kappa shape index (κ2) is 5.33. The molecular weight excluding hydrogens is 252 g/mol. The van der Waals surface area contributed by atoms with Crippen molar-refractivity contribution in [2.45, 2.75) is 0 Å². The molecule has 4 heteroatoms. The highest BCUT2D eigenvalue weighted by Crippen LogP contribution is 2.24. The van der Waals surface area contributed by atoms with E-state index < -0.39 is 0 Å². The van der Waals surface area contributed by atoms with Crippen molar-refractivity contribution in [2.75, 3.05) is 36.0 Å². The quantitative estimate of drug-likeness (QED) is 0.880. The van der Waals surface area contributed by atoms with E-state index in [4.69, 9.17) is 0 Å². The van der Waals surface area contributed by atoms with Gasteiger partial charge in [-0.05, 0) is 24.3 Å². The second-order valence-corrected chi connectivity index (χ2v) is 5.01. The topological polar surface area (TPSA) is 46.9 Å². The summed E-state index contributed by atoms with van der Waals surface area (Å²) in [6.45, 7) is 3.61. The number of rotatable bonds is 2. The number of phenols is 2. The maximum atomic E-state index is 9.54. The summed E-state index contributed by atoms with van der Waals surface area (Å²) >= 11 is 0. The molecule has 0 atom stereocenters. The monoisotopic (exact) mass is 270 g/mol. The van der Waals surface area contributed by atoms with Crippen LogP contribution in [0.3, 0.4) is 0 Å².